The normalized spacial score (nSPS) is 10.5. The van der Waals surface area contributed by atoms with E-state index in [4.69, 9.17) is 5.73 Å². The smallest absolute Gasteiger partial charge is 0.337 e. The minimum Gasteiger partial charge on any atom is -0.465 e. The first-order valence-corrected chi connectivity index (χ1v) is 7.54. The van der Waals surface area contributed by atoms with Gasteiger partial charge in [0, 0.05) is 11.3 Å². The van der Waals surface area contributed by atoms with Gasteiger partial charge in [-0.2, -0.15) is 0 Å². The van der Waals surface area contributed by atoms with Crippen LogP contribution in [0.1, 0.15) is 20.7 Å². The zero-order chi connectivity index (χ0) is 16.4. The summed E-state index contributed by atoms with van der Waals surface area (Å²) in [6.07, 6.45) is 0. The molecule has 1 amide bonds. The highest BCUT2D eigenvalue weighted by Crippen LogP contribution is 2.27. The highest BCUT2D eigenvalue weighted by molar-refractivity contribution is 7.22. The maximum Gasteiger partial charge on any atom is 0.337 e. The number of ether oxygens (including phenoxy) is 1. The molecule has 3 rings (SSSR count). The Morgan fingerprint density at radius 2 is 1.83 bits per heavy atom. The first kappa shape index (κ1) is 15.0. The molecule has 0 aliphatic carbocycles. The van der Waals surface area contributed by atoms with Gasteiger partial charge in [0.25, 0.3) is 5.91 Å². The third kappa shape index (κ3) is 3.14. The van der Waals surface area contributed by atoms with Crippen molar-refractivity contribution in [2.24, 2.45) is 0 Å². The SMILES string of the molecule is COC(=O)c1ccc(C(=O)Nc2nc3cc(N)ccc3s2)cc1. The van der Waals surface area contributed by atoms with Gasteiger partial charge in [-0.05, 0) is 42.5 Å². The number of carbonyl (C=O) groups excluding carboxylic acids is 2. The Morgan fingerprint density at radius 1 is 1.13 bits per heavy atom. The van der Waals surface area contributed by atoms with E-state index in [1.54, 1.807) is 36.4 Å². The molecule has 0 aliphatic heterocycles. The Morgan fingerprint density at radius 3 is 2.52 bits per heavy atom. The highest BCUT2D eigenvalue weighted by Gasteiger charge is 2.11. The molecule has 0 unspecified atom stereocenters. The maximum atomic E-state index is 12.2. The highest BCUT2D eigenvalue weighted by atomic mass is 32.1. The van der Waals surface area contributed by atoms with E-state index in [0.29, 0.717) is 21.9 Å². The van der Waals surface area contributed by atoms with E-state index >= 15 is 0 Å². The number of hydrogen-bond donors (Lipinski definition) is 2. The molecule has 2 aromatic carbocycles. The number of carbonyl (C=O) groups is 2. The number of anilines is 2. The number of benzene rings is 2. The lowest BCUT2D eigenvalue weighted by molar-refractivity contribution is 0.0600. The van der Waals surface area contributed by atoms with Crippen LogP contribution in [0, 0.1) is 0 Å². The Balaban J connectivity index is 1.78. The molecule has 1 heterocycles. The van der Waals surface area contributed by atoms with Gasteiger partial charge in [0.1, 0.15) is 0 Å². The molecule has 0 bridgehead atoms. The number of nitrogen functional groups attached to an aromatic ring is 1. The zero-order valence-electron chi connectivity index (χ0n) is 12.2. The van der Waals surface area contributed by atoms with Crippen molar-refractivity contribution in [2.45, 2.75) is 0 Å². The van der Waals surface area contributed by atoms with Crippen LogP contribution in [0.25, 0.3) is 10.2 Å². The number of rotatable bonds is 3. The first-order valence-electron chi connectivity index (χ1n) is 6.72. The fourth-order valence-electron chi connectivity index (χ4n) is 2.04. The molecule has 0 saturated carbocycles. The van der Waals surface area contributed by atoms with E-state index in [2.05, 4.69) is 15.0 Å². The second-order valence-corrected chi connectivity index (χ2v) is 5.80. The molecular weight excluding hydrogens is 314 g/mol. The van der Waals surface area contributed by atoms with Crippen molar-refractivity contribution in [1.82, 2.24) is 4.98 Å². The number of amides is 1. The number of hydrogen-bond acceptors (Lipinski definition) is 6. The van der Waals surface area contributed by atoms with E-state index in [-0.39, 0.29) is 5.91 Å². The van der Waals surface area contributed by atoms with Crippen molar-refractivity contribution >= 4 is 44.2 Å². The number of esters is 1. The van der Waals surface area contributed by atoms with Crippen LogP contribution in [0.15, 0.2) is 42.5 Å². The van der Waals surface area contributed by atoms with Gasteiger partial charge >= 0.3 is 5.97 Å². The third-order valence-corrected chi connectivity index (χ3v) is 4.15. The first-order chi connectivity index (χ1) is 11.1. The topological polar surface area (TPSA) is 94.3 Å². The van der Waals surface area contributed by atoms with Crippen LogP contribution in [-0.2, 0) is 4.74 Å². The standard InChI is InChI=1S/C16H13N3O3S/c1-22-15(21)10-4-2-9(3-5-10)14(20)19-16-18-12-8-11(17)6-7-13(12)23-16/h2-8H,17H2,1H3,(H,18,19,20). The molecule has 6 nitrogen and oxygen atoms in total. The van der Waals surface area contributed by atoms with Gasteiger partial charge in [-0.15, -0.1) is 0 Å². The minimum absolute atomic E-state index is 0.298. The maximum absolute atomic E-state index is 12.2. The van der Waals surface area contributed by atoms with Crippen molar-refractivity contribution in [2.75, 3.05) is 18.2 Å². The number of nitrogens with one attached hydrogen (secondary N) is 1. The van der Waals surface area contributed by atoms with Gasteiger partial charge < -0.3 is 10.5 Å². The van der Waals surface area contributed by atoms with Crippen LogP contribution in [-0.4, -0.2) is 24.0 Å². The zero-order valence-corrected chi connectivity index (χ0v) is 13.0. The van der Waals surface area contributed by atoms with Crippen molar-refractivity contribution in [3.05, 3.63) is 53.6 Å². The Labute approximate surface area is 135 Å². The lowest BCUT2D eigenvalue weighted by atomic mass is 10.1. The third-order valence-electron chi connectivity index (χ3n) is 3.20. The van der Waals surface area contributed by atoms with Crippen LogP contribution in [0.5, 0.6) is 0 Å². The van der Waals surface area contributed by atoms with E-state index in [9.17, 15) is 9.59 Å². The molecule has 7 heteroatoms. The number of thiazole rings is 1. The second kappa shape index (κ2) is 6.05. The predicted molar refractivity (Wildman–Crippen MR) is 89.8 cm³/mol. The van der Waals surface area contributed by atoms with E-state index in [1.165, 1.54) is 18.4 Å². The van der Waals surface area contributed by atoms with Gasteiger partial charge in [-0.1, -0.05) is 11.3 Å². The lowest BCUT2D eigenvalue weighted by Gasteiger charge is -2.03. The Kier molecular flexibility index (Phi) is 3.94. The van der Waals surface area contributed by atoms with Crippen molar-refractivity contribution < 1.29 is 14.3 Å². The summed E-state index contributed by atoms with van der Waals surface area (Å²) in [6, 6.07) is 11.6. The van der Waals surface area contributed by atoms with Gasteiger partial charge in [0.15, 0.2) is 5.13 Å². The predicted octanol–water partition coefficient (Wildman–Crippen LogP) is 2.92. The van der Waals surface area contributed by atoms with E-state index < -0.39 is 5.97 Å². The number of methoxy groups -OCH3 is 1. The average molecular weight is 327 g/mol. The Hall–Kier alpha value is -2.93. The van der Waals surface area contributed by atoms with Gasteiger partial charge in [-0.25, -0.2) is 9.78 Å². The van der Waals surface area contributed by atoms with Gasteiger partial charge in [0.05, 0.1) is 22.9 Å². The summed E-state index contributed by atoms with van der Waals surface area (Å²) in [5, 5.41) is 3.23. The van der Waals surface area contributed by atoms with Crippen molar-refractivity contribution in [3.8, 4) is 0 Å². The monoisotopic (exact) mass is 327 g/mol. The lowest BCUT2D eigenvalue weighted by Crippen LogP contribution is -2.12. The van der Waals surface area contributed by atoms with Crippen LogP contribution < -0.4 is 11.1 Å². The quantitative estimate of drug-likeness (QED) is 0.570. The number of nitrogens with zero attached hydrogens (tertiary/aromatic N) is 1. The Bertz CT molecular complexity index is 887. The van der Waals surface area contributed by atoms with Crippen LogP contribution >= 0.6 is 11.3 Å². The molecule has 3 N–H and O–H groups in total. The molecule has 0 spiro atoms. The van der Waals surface area contributed by atoms with Crippen LogP contribution in [0.3, 0.4) is 0 Å². The summed E-state index contributed by atoms with van der Waals surface area (Å²) in [6.45, 7) is 0. The molecule has 0 fully saturated rings. The molecule has 23 heavy (non-hydrogen) atoms. The summed E-state index contributed by atoms with van der Waals surface area (Å²) in [5.74, 6) is -0.742. The summed E-state index contributed by atoms with van der Waals surface area (Å²) < 4.78 is 5.56. The largest absolute Gasteiger partial charge is 0.465 e. The van der Waals surface area contributed by atoms with Gasteiger partial charge in [0.2, 0.25) is 0 Å². The molecule has 3 aromatic rings. The summed E-state index contributed by atoms with van der Waals surface area (Å²) in [5.41, 5.74) is 7.90. The van der Waals surface area contributed by atoms with E-state index in [1.807, 2.05) is 6.07 Å². The second-order valence-electron chi connectivity index (χ2n) is 4.77. The molecule has 0 radical (unpaired) electrons. The van der Waals surface area contributed by atoms with E-state index in [0.717, 1.165) is 10.2 Å². The fourth-order valence-corrected chi connectivity index (χ4v) is 2.88. The number of aromatic nitrogens is 1. The molecule has 1 aromatic heterocycles. The van der Waals surface area contributed by atoms with Crippen molar-refractivity contribution in [1.29, 1.82) is 0 Å². The molecule has 0 saturated heterocycles. The summed E-state index contributed by atoms with van der Waals surface area (Å²) in [4.78, 5) is 27.9. The average Bonchev–Trinajstić information content (AvgIpc) is 2.95. The molecule has 0 atom stereocenters. The summed E-state index contributed by atoms with van der Waals surface area (Å²) in [7, 11) is 1.31. The number of fused-ring (bicyclic) bond motifs is 1. The van der Waals surface area contributed by atoms with Crippen molar-refractivity contribution in [3.63, 3.8) is 0 Å². The summed E-state index contributed by atoms with van der Waals surface area (Å²) >= 11 is 1.37. The van der Waals surface area contributed by atoms with Gasteiger partial charge in [-0.3, -0.25) is 10.1 Å². The fraction of sp³-hybridized carbons (Fsp3) is 0.0625. The number of nitrogens with two attached hydrogens (primary N) is 1. The molecule has 116 valence electrons. The van der Waals surface area contributed by atoms with Crippen LogP contribution in [0.4, 0.5) is 10.8 Å². The molecule has 0 aliphatic rings. The minimum atomic E-state index is -0.444. The van der Waals surface area contributed by atoms with Crippen LogP contribution in [0.2, 0.25) is 0 Å². The molecular formula is C16H13N3O3S.